The van der Waals surface area contributed by atoms with E-state index in [1.54, 1.807) is 7.11 Å². The van der Waals surface area contributed by atoms with E-state index in [2.05, 4.69) is 11.4 Å². The van der Waals surface area contributed by atoms with Gasteiger partial charge in [-0.1, -0.05) is 18.2 Å². The summed E-state index contributed by atoms with van der Waals surface area (Å²) in [7, 11) is 3.61. The molecule has 0 saturated carbocycles. The minimum Gasteiger partial charge on any atom is -0.459 e. The molecule has 0 saturated heterocycles. The van der Waals surface area contributed by atoms with E-state index in [-0.39, 0.29) is 0 Å². The van der Waals surface area contributed by atoms with Crippen molar-refractivity contribution in [1.82, 2.24) is 5.32 Å². The van der Waals surface area contributed by atoms with Gasteiger partial charge in [-0.2, -0.15) is 0 Å². The lowest BCUT2D eigenvalue weighted by Gasteiger charge is -2.00. The zero-order chi connectivity index (χ0) is 10.7. The molecule has 1 N–H and O–H groups in total. The summed E-state index contributed by atoms with van der Waals surface area (Å²) in [6.45, 7) is 1.32. The summed E-state index contributed by atoms with van der Waals surface area (Å²) in [6.07, 6.45) is 0. The first-order chi connectivity index (χ1) is 7.36. The third kappa shape index (κ3) is 1.89. The number of hydrogen-bond acceptors (Lipinski definition) is 3. The normalized spacial score (nSPS) is 11.1. The predicted octanol–water partition coefficient (Wildman–Crippen LogP) is 2.30. The van der Waals surface area contributed by atoms with Gasteiger partial charge in [-0.15, -0.1) is 0 Å². The minimum atomic E-state index is 0.591. The van der Waals surface area contributed by atoms with E-state index in [1.807, 2.05) is 25.2 Å². The Bertz CT molecular complexity index is 448. The first-order valence-corrected chi connectivity index (χ1v) is 4.99. The van der Waals surface area contributed by atoms with E-state index in [4.69, 9.17) is 9.15 Å². The third-order valence-electron chi connectivity index (χ3n) is 2.41. The Balaban J connectivity index is 2.53. The van der Waals surface area contributed by atoms with E-state index in [1.165, 1.54) is 0 Å². The van der Waals surface area contributed by atoms with Crippen LogP contribution in [0.5, 0.6) is 0 Å². The standard InChI is InChI=1S/C12H15NO2/c1-13-7-12-10(8-14-2)9-5-3-4-6-11(9)15-12/h3-6,13H,7-8H2,1-2H3. The highest BCUT2D eigenvalue weighted by Gasteiger charge is 2.12. The second-order valence-electron chi connectivity index (χ2n) is 3.46. The molecule has 0 aliphatic carbocycles. The fourth-order valence-electron chi connectivity index (χ4n) is 1.76. The molecule has 3 heteroatoms. The summed E-state index contributed by atoms with van der Waals surface area (Å²) in [6, 6.07) is 8.03. The number of methoxy groups -OCH3 is 1. The Morgan fingerprint density at radius 1 is 1.33 bits per heavy atom. The van der Waals surface area contributed by atoms with Crippen LogP contribution in [0.15, 0.2) is 28.7 Å². The largest absolute Gasteiger partial charge is 0.459 e. The van der Waals surface area contributed by atoms with Crippen molar-refractivity contribution in [3.63, 3.8) is 0 Å². The molecular weight excluding hydrogens is 190 g/mol. The number of furan rings is 1. The van der Waals surface area contributed by atoms with Gasteiger partial charge in [0.05, 0.1) is 13.2 Å². The molecule has 2 aromatic rings. The average molecular weight is 205 g/mol. The zero-order valence-electron chi connectivity index (χ0n) is 9.04. The van der Waals surface area contributed by atoms with Crippen molar-refractivity contribution >= 4 is 11.0 Å². The molecule has 0 spiro atoms. The van der Waals surface area contributed by atoms with Gasteiger partial charge in [-0.25, -0.2) is 0 Å². The predicted molar refractivity (Wildman–Crippen MR) is 59.7 cm³/mol. The lowest BCUT2D eigenvalue weighted by molar-refractivity contribution is 0.183. The molecule has 0 aliphatic heterocycles. The lowest BCUT2D eigenvalue weighted by atomic mass is 10.1. The first-order valence-electron chi connectivity index (χ1n) is 4.99. The van der Waals surface area contributed by atoms with Gasteiger partial charge in [-0.3, -0.25) is 0 Å². The van der Waals surface area contributed by atoms with Crippen LogP contribution in [0.2, 0.25) is 0 Å². The van der Waals surface area contributed by atoms with E-state index >= 15 is 0 Å². The van der Waals surface area contributed by atoms with E-state index in [0.717, 1.165) is 28.8 Å². The Kier molecular flexibility index (Phi) is 3.04. The molecule has 3 nitrogen and oxygen atoms in total. The summed E-state index contributed by atoms with van der Waals surface area (Å²) in [5, 5.41) is 4.24. The van der Waals surface area contributed by atoms with Crippen molar-refractivity contribution in [2.75, 3.05) is 14.2 Å². The van der Waals surface area contributed by atoms with Crippen LogP contribution in [-0.4, -0.2) is 14.2 Å². The third-order valence-corrected chi connectivity index (χ3v) is 2.41. The van der Waals surface area contributed by atoms with Gasteiger partial charge in [0.1, 0.15) is 11.3 Å². The highest BCUT2D eigenvalue weighted by atomic mass is 16.5. The average Bonchev–Trinajstić information content (AvgIpc) is 2.59. The summed E-state index contributed by atoms with van der Waals surface area (Å²) in [5.74, 6) is 0.959. The van der Waals surface area contributed by atoms with E-state index in [0.29, 0.717) is 6.61 Å². The molecule has 0 amide bonds. The van der Waals surface area contributed by atoms with Crippen LogP contribution >= 0.6 is 0 Å². The molecule has 1 heterocycles. The first kappa shape index (κ1) is 10.2. The monoisotopic (exact) mass is 205 g/mol. The van der Waals surface area contributed by atoms with E-state index in [9.17, 15) is 0 Å². The maximum Gasteiger partial charge on any atom is 0.134 e. The van der Waals surface area contributed by atoms with Crippen LogP contribution < -0.4 is 5.32 Å². The highest BCUT2D eigenvalue weighted by Crippen LogP contribution is 2.26. The number of fused-ring (bicyclic) bond motifs is 1. The second-order valence-corrected chi connectivity index (χ2v) is 3.46. The van der Waals surface area contributed by atoms with E-state index < -0.39 is 0 Å². The number of para-hydroxylation sites is 1. The Morgan fingerprint density at radius 3 is 2.87 bits per heavy atom. The van der Waals surface area contributed by atoms with Crippen molar-refractivity contribution < 1.29 is 9.15 Å². The van der Waals surface area contributed by atoms with Crippen LogP contribution in [0.4, 0.5) is 0 Å². The van der Waals surface area contributed by atoms with Gasteiger partial charge in [0, 0.05) is 18.1 Å². The van der Waals surface area contributed by atoms with Gasteiger partial charge in [0.15, 0.2) is 0 Å². The van der Waals surface area contributed by atoms with Gasteiger partial charge in [0.25, 0.3) is 0 Å². The minimum absolute atomic E-state index is 0.591. The summed E-state index contributed by atoms with van der Waals surface area (Å²) in [5.41, 5.74) is 2.07. The topological polar surface area (TPSA) is 34.4 Å². The van der Waals surface area contributed by atoms with Crippen molar-refractivity contribution in [1.29, 1.82) is 0 Å². The molecule has 2 rings (SSSR count). The van der Waals surface area contributed by atoms with Gasteiger partial charge >= 0.3 is 0 Å². The fraction of sp³-hybridized carbons (Fsp3) is 0.333. The zero-order valence-corrected chi connectivity index (χ0v) is 9.04. The van der Waals surface area contributed by atoms with Crippen molar-refractivity contribution in [3.05, 3.63) is 35.6 Å². The molecule has 0 fully saturated rings. The fourth-order valence-corrected chi connectivity index (χ4v) is 1.76. The molecule has 1 aromatic carbocycles. The summed E-state index contributed by atoms with van der Waals surface area (Å²) >= 11 is 0. The maximum atomic E-state index is 5.75. The van der Waals surface area contributed by atoms with Crippen LogP contribution in [-0.2, 0) is 17.9 Å². The van der Waals surface area contributed by atoms with Crippen molar-refractivity contribution in [3.8, 4) is 0 Å². The Labute approximate surface area is 89.0 Å². The van der Waals surface area contributed by atoms with Gasteiger partial charge < -0.3 is 14.5 Å². The summed E-state index contributed by atoms with van der Waals surface area (Å²) in [4.78, 5) is 0. The number of ether oxygens (including phenoxy) is 1. The molecule has 0 aliphatic rings. The number of hydrogen-bond donors (Lipinski definition) is 1. The highest BCUT2D eigenvalue weighted by molar-refractivity contribution is 5.82. The van der Waals surface area contributed by atoms with Crippen molar-refractivity contribution in [2.24, 2.45) is 0 Å². The smallest absolute Gasteiger partial charge is 0.134 e. The Hall–Kier alpha value is -1.32. The molecule has 1 aromatic heterocycles. The molecule has 0 atom stereocenters. The van der Waals surface area contributed by atoms with Crippen LogP contribution in [0, 0.1) is 0 Å². The lowest BCUT2D eigenvalue weighted by Crippen LogP contribution is -2.06. The Morgan fingerprint density at radius 2 is 2.13 bits per heavy atom. The van der Waals surface area contributed by atoms with Crippen LogP contribution in [0.25, 0.3) is 11.0 Å². The molecule has 0 radical (unpaired) electrons. The van der Waals surface area contributed by atoms with Crippen molar-refractivity contribution in [2.45, 2.75) is 13.2 Å². The molecule has 80 valence electrons. The van der Waals surface area contributed by atoms with Gasteiger partial charge in [-0.05, 0) is 13.1 Å². The molecular formula is C12H15NO2. The van der Waals surface area contributed by atoms with Gasteiger partial charge in [0.2, 0.25) is 0 Å². The maximum absolute atomic E-state index is 5.75. The quantitative estimate of drug-likeness (QED) is 0.831. The van der Waals surface area contributed by atoms with Crippen LogP contribution in [0.3, 0.4) is 0 Å². The molecule has 15 heavy (non-hydrogen) atoms. The molecule has 0 bridgehead atoms. The number of benzene rings is 1. The molecule has 0 unspecified atom stereocenters. The number of rotatable bonds is 4. The summed E-state index contributed by atoms with van der Waals surface area (Å²) < 4.78 is 10.9. The number of nitrogens with one attached hydrogen (secondary N) is 1. The van der Waals surface area contributed by atoms with Crippen LogP contribution in [0.1, 0.15) is 11.3 Å². The second kappa shape index (κ2) is 4.47. The SMILES string of the molecule is CNCc1oc2ccccc2c1COC.